The number of nitrogens with zero attached hydrogens (tertiary/aromatic N) is 2. The first-order valence-electron chi connectivity index (χ1n) is 12.5. The first kappa shape index (κ1) is 20.0. The Kier molecular flexibility index (Phi) is 5.26. The normalized spacial score (nSPS) is 23.3. The van der Waals surface area contributed by atoms with Crippen LogP contribution in [0.2, 0.25) is 0 Å². The molecule has 0 radical (unpaired) electrons. The Hall–Kier alpha value is -2.59. The van der Waals surface area contributed by atoms with Gasteiger partial charge < -0.3 is 15.1 Å². The fraction of sp³-hybridized carbons (Fsp3) is 0.464. The zero-order valence-corrected chi connectivity index (χ0v) is 18.9. The summed E-state index contributed by atoms with van der Waals surface area (Å²) in [4.78, 5) is 17.4. The molecule has 32 heavy (non-hydrogen) atoms. The second kappa shape index (κ2) is 8.40. The summed E-state index contributed by atoms with van der Waals surface area (Å²) < 4.78 is 0. The number of piperazine rings is 1. The van der Waals surface area contributed by atoms with Crippen molar-refractivity contribution in [2.24, 2.45) is 0 Å². The molecule has 1 N–H and O–H groups in total. The average molecular weight is 428 g/mol. The minimum absolute atomic E-state index is 0.0387. The molecule has 1 atom stereocenters. The Morgan fingerprint density at radius 1 is 0.969 bits per heavy atom. The van der Waals surface area contributed by atoms with Crippen LogP contribution in [0.4, 0.5) is 5.69 Å². The van der Waals surface area contributed by atoms with Crippen LogP contribution in [0.25, 0.3) is 16.3 Å². The van der Waals surface area contributed by atoms with Crippen molar-refractivity contribution < 1.29 is 4.79 Å². The van der Waals surface area contributed by atoms with Gasteiger partial charge in [0.15, 0.2) is 0 Å². The number of amides is 1. The lowest BCUT2D eigenvalue weighted by atomic mass is 9.79. The summed E-state index contributed by atoms with van der Waals surface area (Å²) in [7, 11) is 0. The maximum absolute atomic E-state index is 12.8. The number of allylic oxidation sites excluding steroid dienone is 4. The lowest BCUT2D eigenvalue weighted by Gasteiger charge is -2.38. The van der Waals surface area contributed by atoms with Crippen LogP contribution in [0.3, 0.4) is 0 Å². The third kappa shape index (κ3) is 3.55. The first-order chi connectivity index (χ1) is 15.8. The van der Waals surface area contributed by atoms with Gasteiger partial charge in [-0.3, -0.25) is 4.79 Å². The smallest absolute Gasteiger partial charge is 0.239 e. The number of carbonyl (C=O) groups is 1. The van der Waals surface area contributed by atoms with Crippen molar-refractivity contribution in [1.29, 1.82) is 0 Å². The molecule has 0 aromatic heterocycles. The van der Waals surface area contributed by atoms with Crippen LogP contribution >= 0.6 is 0 Å². The number of nitrogens with one attached hydrogen (secondary N) is 1. The predicted molar refractivity (Wildman–Crippen MR) is 132 cm³/mol. The molecule has 4 aliphatic rings. The lowest BCUT2D eigenvalue weighted by Crippen LogP contribution is -2.55. The van der Waals surface area contributed by atoms with E-state index in [0.717, 1.165) is 45.6 Å². The second-order valence-corrected chi connectivity index (χ2v) is 9.77. The fourth-order valence-electron chi connectivity index (χ4n) is 6.10. The molecule has 2 heterocycles. The molecule has 2 saturated heterocycles. The maximum Gasteiger partial charge on any atom is 0.239 e. The van der Waals surface area contributed by atoms with Crippen LogP contribution in [0.1, 0.15) is 49.7 Å². The van der Waals surface area contributed by atoms with Gasteiger partial charge in [-0.2, -0.15) is 0 Å². The minimum Gasteiger partial charge on any atom is -0.368 e. The van der Waals surface area contributed by atoms with E-state index in [-0.39, 0.29) is 6.04 Å². The molecule has 2 fully saturated rings. The number of aryl methyl sites for hydroxylation is 1. The SMILES string of the molecule is O=C(C1CCCCN1)N1CCN(c2ccc3c4c(ccc3c2)C2=C(CCC=C2)CC4)CC1. The third-order valence-electron chi connectivity index (χ3n) is 7.92. The van der Waals surface area contributed by atoms with Gasteiger partial charge in [0, 0.05) is 31.9 Å². The summed E-state index contributed by atoms with van der Waals surface area (Å²) >= 11 is 0. The molecule has 2 aliphatic heterocycles. The van der Waals surface area contributed by atoms with E-state index in [9.17, 15) is 4.79 Å². The number of hydrogen-bond acceptors (Lipinski definition) is 3. The Morgan fingerprint density at radius 2 is 1.88 bits per heavy atom. The highest BCUT2D eigenvalue weighted by atomic mass is 16.2. The molecule has 1 amide bonds. The van der Waals surface area contributed by atoms with E-state index in [1.807, 2.05) is 0 Å². The number of fused-ring (bicyclic) bond motifs is 4. The Balaban J connectivity index is 1.19. The number of benzene rings is 2. The van der Waals surface area contributed by atoms with E-state index in [1.54, 1.807) is 5.57 Å². The van der Waals surface area contributed by atoms with Crippen molar-refractivity contribution in [3.63, 3.8) is 0 Å². The van der Waals surface area contributed by atoms with Crippen molar-refractivity contribution in [3.05, 3.63) is 59.2 Å². The second-order valence-electron chi connectivity index (χ2n) is 9.77. The molecule has 1 unspecified atom stereocenters. The molecule has 2 aromatic rings. The van der Waals surface area contributed by atoms with Gasteiger partial charge in [-0.05, 0) is 84.7 Å². The molecule has 0 saturated carbocycles. The van der Waals surface area contributed by atoms with E-state index in [2.05, 4.69) is 57.6 Å². The number of hydrogen-bond donors (Lipinski definition) is 1. The standard InChI is InChI=1S/C28H33N3O/c32-28(27-7-3-4-14-29-27)31-17-15-30(16-18-31)22-10-13-24-21(19-22)9-12-25-23-6-2-1-5-20(23)8-11-26(24)25/h2,6,9-10,12-13,19,27,29H,1,3-5,7-8,11,14-18H2. The van der Waals surface area contributed by atoms with Crippen LogP contribution in [-0.4, -0.2) is 49.6 Å². The topological polar surface area (TPSA) is 35.6 Å². The molecule has 0 spiro atoms. The molecule has 0 bridgehead atoms. The van der Waals surface area contributed by atoms with Crippen LogP contribution in [-0.2, 0) is 11.2 Å². The Labute approximate surface area is 191 Å². The van der Waals surface area contributed by atoms with Crippen molar-refractivity contribution in [3.8, 4) is 0 Å². The van der Waals surface area contributed by atoms with Crippen molar-refractivity contribution in [1.82, 2.24) is 10.2 Å². The number of piperidine rings is 1. The summed E-state index contributed by atoms with van der Waals surface area (Å²) in [6.07, 6.45) is 12.8. The van der Waals surface area contributed by atoms with Gasteiger partial charge in [-0.15, -0.1) is 0 Å². The molecule has 2 aliphatic carbocycles. The molecular weight excluding hydrogens is 394 g/mol. The zero-order valence-electron chi connectivity index (χ0n) is 18.9. The summed E-state index contributed by atoms with van der Waals surface area (Å²) in [5, 5.41) is 6.16. The van der Waals surface area contributed by atoms with E-state index < -0.39 is 0 Å². The number of carbonyl (C=O) groups excluding carboxylic acids is 1. The summed E-state index contributed by atoms with van der Waals surface area (Å²) in [5.74, 6) is 0.305. The van der Waals surface area contributed by atoms with Gasteiger partial charge in [0.05, 0.1) is 6.04 Å². The first-order valence-corrected chi connectivity index (χ1v) is 12.5. The van der Waals surface area contributed by atoms with Crippen LogP contribution < -0.4 is 10.2 Å². The Bertz CT molecular complexity index is 1100. The molecule has 166 valence electrons. The monoisotopic (exact) mass is 427 g/mol. The number of anilines is 1. The summed E-state index contributed by atoms with van der Waals surface area (Å²) in [5.41, 5.74) is 7.39. The maximum atomic E-state index is 12.8. The highest BCUT2D eigenvalue weighted by Gasteiger charge is 2.28. The van der Waals surface area contributed by atoms with Gasteiger partial charge in [0.2, 0.25) is 5.91 Å². The summed E-state index contributed by atoms with van der Waals surface area (Å²) in [6.45, 7) is 4.45. The molecule has 6 rings (SSSR count). The summed E-state index contributed by atoms with van der Waals surface area (Å²) in [6, 6.07) is 11.7. The van der Waals surface area contributed by atoms with E-state index in [1.165, 1.54) is 65.3 Å². The highest BCUT2D eigenvalue weighted by Crippen LogP contribution is 2.40. The van der Waals surface area contributed by atoms with Crippen LogP contribution in [0.5, 0.6) is 0 Å². The zero-order chi connectivity index (χ0) is 21.5. The third-order valence-corrected chi connectivity index (χ3v) is 7.92. The van der Waals surface area contributed by atoms with E-state index in [4.69, 9.17) is 0 Å². The van der Waals surface area contributed by atoms with Crippen molar-refractivity contribution in [2.45, 2.75) is 51.0 Å². The van der Waals surface area contributed by atoms with Gasteiger partial charge in [-0.1, -0.05) is 42.3 Å². The van der Waals surface area contributed by atoms with Crippen LogP contribution in [0.15, 0.2) is 48.1 Å². The molecular formula is C28H33N3O. The minimum atomic E-state index is 0.0387. The molecule has 4 heteroatoms. The average Bonchev–Trinajstić information content (AvgIpc) is 2.88. The van der Waals surface area contributed by atoms with E-state index in [0.29, 0.717) is 5.91 Å². The highest BCUT2D eigenvalue weighted by molar-refractivity contribution is 5.95. The van der Waals surface area contributed by atoms with Gasteiger partial charge >= 0.3 is 0 Å². The fourth-order valence-corrected chi connectivity index (χ4v) is 6.10. The largest absolute Gasteiger partial charge is 0.368 e. The van der Waals surface area contributed by atoms with Gasteiger partial charge in [0.1, 0.15) is 0 Å². The Morgan fingerprint density at radius 3 is 2.72 bits per heavy atom. The lowest BCUT2D eigenvalue weighted by molar-refractivity contribution is -0.134. The number of rotatable bonds is 2. The molecule has 2 aromatic carbocycles. The van der Waals surface area contributed by atoms with Crippen molar-refractivity contribution >= 4 is 27.9 Å². The quantitative estimate of drug-likeness (QED) is 0.756. The molecule has 4 nitrogen and oxygen atoms in total. The van der Waals surface area contributed by atoms with E-state index >= 15 is 0 Å². The van der Waals surface area contributed by atoms with Gasteiger partial charge in [-0.25, -0.2) is 0 Å². The predicted octanol–water partition coefficient (Wildman–Crippen LogP) is 4.68. The van der Waals surface area contributed by atoms with Crippen molar-refractivity contribution in [2.75, 3.05) is 37.6 Å². The van der Waals surface area contributed by atoms with Crippen LogP contribution in [0, 0.1) is 0 Å². The van der Waals surface area contributed by atoms with Gasteiger partial charge in [0.25, 0.3) is 0 Å².